The van der Waals surface area contributed by atoms with Crippen LogP contribution >= 0.6 is 11.8 Å². The lowest BCUT2D eigenvalue weighted by molar-refractivity contribution is 0.241. The van der Waals surface area contributed by atoms with Gasteiger partial charge in [0.2, 0.25) is 0 Å². The third-order valence-electron chi connectivity index (χ3n) is 5.34. The lowest BCUT2D eigenvalue weighted by Gasteiger charge is -2.38. The molecule has 0 aliphatic carbocycles. The van der Waals surface area contributed by atoms with Gasteiger partial charge < -0.3 is 4.90 Å². The lowest BCUT2D eigenvalue weighted by Crippen LogP contribution is -2.37. The third-order valence-corrected chi connectivity index (χ3v) is 7.17. The highest BCUT2D eigenvalue weighted by molar-refractivity contribution is 8.01. The molecule has 2 aliphatic rings. The van der Waals surface area contributed by atoms with Crippen LogP contribution in [0, 0.1) is 6.92 Å². The molecule has 0 saturated carbocycles. The van der Waals surface area contributed by atoms with Crippen LogP contribution in [-0.2, 0) is 4.75 Å². The number of benzene rings is 2. The van der Waals surface area contributed by atoms with Crippen molar-refractivity contribution in [1.82, 2.24) is 4.90 Å². The average Bonchev–Trinajstić information content (AvgIpc) is 2.86. The van der Waals surface area contributed by atoms with Crippen molar-refractivity contribution in [2.75, 3.05) is 20.1 Å². The maximum Gasteiger partial charge on any atom is 0.0561 e. The van der Waals surface area contributed by atoms with Crippen molar-refractivity contribution in [3.05, 3.63) is 70.8 Å². The van der Waals surface area contributed by atoms with Gasteiger partial charge in [-0.1, -0.05) is 48.5 Å². The predicted octanol–water partition coefficient (Wildman–Crippen LogP) is 4.75. The van der Waals surface area contributed by atoms with Gasteiger partial charge in [-0.15, -0.1) is 11.8 Å². The Labute approximate surface area is 137 Å². The summed E-state index contributed by atoms with van der Waals surface area (Å²) in [4.78, 5) is 2.47. The standard InChI is InChI=1S/C20H23NS/c1-15-7-3-4-8-16(15)19-17-9-5-6-10-18(17)20(22-19)11-13-21(2)14-12-20/h3-10,19H,11-14H2,1-2H3/t19-/m1/s1. The molecule has 22 heavy (non-hydrogen) atoms. The first-order valence-corrected chi connectivity index (χ1v) is 9.09. The van der Waals surface area contributed by atoms with Gasteiger partial charge in [-0.2, -0.15) is 0 Å². The van der Waals surface area contributed by atoms with Crippen LogP contribution in [0.2, 0.25) is 0 Å². The van der Waals surface area contributed by atoms with E-state index in [0.717, 1.165) is 0 Å². The van der Waals surface area contributed by atoms with Gasteiger partial charge in [0.25, 0.3) is 0 Å². The van der Waals surface area contributed by atoms with Gasteiger partial charge in [-0.25, -0.2) is 0 Å². The zero-order chi connectivity index (χ0) is 15.2. The number of hydrogen-bond acceptors (Lipinski definition) is 2. The van der Waals surface area contributed by atoms with Crippen molar-refractivity contribution in [3.63, 3.8) is 0 Å². The minimum atomic E-state index is 0.329. The smallest absolute Gasteiger partial charge is 0.0561 e. The Morgan fingerprint density at radius 3 is 2.32 bits per heavy atom. The van der Waals surface area contributed by atoms with Crippen LogP contribution in [0.15, 0.2) is 48.5 Å². The molecule has 2 aromatic rings. The molecule has 0 bridgehead atoms. The summed E-state index contributed by atoms with van der Waals surface area (Å²) in [5, 5.41) is 0.501. The first kappa shape index (κ1) is 14.3. The van der Waals surface area contributed by atoms with E-state index < -0.39 is 0 Å². The second-order valence-corrected chi connectivity index (χ2v) is 8.23. The quantitative estimate of drug-likeness (QED) is 0.747. The molecule has 2 aliphatic heterocycles. The van der Waals surface area contributed by atoms with Gasteiger partial charge in [0.1, 0.15) is 0 Å². The predicted molar refractivity (Wildman–Crippen MR) is 95.5 cm³/mol. The summed E-state index contributed by atoms with van der Waals surface area (Å²) in [6.07, 6.45) is 2.54. The SMILES string of the molecule is Cc1ccccc1[C@H]1SC2(CCN(C)CC2)c2ccccc21. The molecule has 0 unspecified atom stereocenters. The fourth-order valence-corrected chi connectivity index (χ4v) is 5.88. The van der Waals surface area contributed by atoms with E-state index >= 15 is 0 Å². The second kappa shape index (κ2) is 5.43. The van der Waals surface area contributed by atoms with Crippen LogP contribution in [0.4, 0.5) is 0 Å². The molecule has 2 aromatic carbocycles. The first-order chi connectivity index (χ1) is 10.7. The molecular weight excluding hydrogens is 286 g/mol. The third kappa shape index (κ3) is 2.21. The molecular formula is C20H23NS. The number of rotatable bonds is 1. The Hall–Kier alpha value is -1.25. The fraction of sp³-hybridized carbons (Fsp3) is 0.400. The van der Waals surface area contributed by atoms with Gasteiger partial charge >= 0.3 is 0 Å². The zero-order valence-corrected chi connectivity index (χ0v) is 14.2. The fourth-order valence-electron chi connectivity index (χ4n) is 3.97. The first-order valence-electron chi connectivity index (χ1n) is 8.21. The monoisotopic (exact) mass is 309 g/mol. The molecule has 1 saturated heterocycles. The molecule has 4 rings (SSSR count). The van der Waals surface area contributed by atoms with E-state index in [1.807, 2.05) is 0 Å². The molecule has 1 fully saturated rings. The van der Waals surface area contributed by atoms with Crippen molar-refractivity contribution in [2.45, 2.75) is 29.8 Å². The topological polar surface area (TPSA) is 3.24 Å². The maximum absolute atomic E-state index is 2.47. The number of nitrogens with zero attached hydrogens (tertiary/aromatic N) is 1. The molecule has 0 N–H and O–H groups in total. The summed E-state index contributed by atoms with van der Waals surface area (Å²) < 4.78 is 0.329. The molecule has 1 atom stereocenters. The molecule has 0 radical (unpaired) electrons. The Morgan fingerprint density at radius 1 is 0.955 bits per heavy atom. The molecule has 0 aromatic heterocycles. The van der Waals surface area contributed by atoms with E-state index in [1.54, 1.807) is 11.1 Å². The summed E-state index contributed by atoms with van der Waals surface area (Å²) in [7, 11) is 2.25. The minimum Gasteiger partial charge on any atom is -0.306 e. The molecule has 1 nitrogen and oxygen atoms in total. The second-order valence-electron chi connectivity index (χ2n) is 6.74. The summed E-state index contributed by atoms with van der Waals surface area (Å²) in [5.74, 6) is 0. The summed E-state index contributed by atoms with van der Waals surface area (Å²) >= 11 is 2.21. The van der Waals surface area contributed by atoms with Crippen molar-refractivity contribution in [2.24, 2.45) is 0 Å². The van der Waals surface area contributed by atoms with Gasteiger partial charge in [0.05, 0.1) is 5.25 Å². The number of piperidine rings is 1. The molecule has 2 heterocycles. The van der Waals surface area contributed by atoms with E-state index in [-0.39, 0.29) is 0 Å². The summed E-state index contributed by atoms with van der Waals surface area (Å²) in [6.45, 7) is 4.67. The van der Waals surface area contributed by atoms with Crippen LogP contribution < -0.4 is 0 Å². The van der Waals surface area contributed by atoms with Crippen molar-refractivity contribution in [1.29, 1.82) is 0 Å². The number of likely N-dealkylation sites (tertiary alicyclic amines) is 1. The highest BCUT2D eigenvalue weighted by Crippen LogP contribution is 2.61. The Kier molecular flexibility index (Phi) is 3.54. The van der Waals surface area contributed by atoms with Crippen LogP contribution in [0.3, 0.4) is 0 Å². The van der Waals surface area contributed by atoms with E-state index in [9.17, 15) is 0 Å². The number of hydrogen-bond donors (Lipinski definition) is 0. The van der Waals surface area contributed by atoms with E-state index in [4.69, 9.17) is 0 Å². The molecule has 0 amide bonds. The number of thioether (sulfide) groups is 1. The van der Waals surface area contributed by atoms with Crippen LogP contribution in [0.25, 0.3) is 0 Å². The van der Waals surface area contributed by atoms with Crippen LogP contribution in [-0.4, -0.2) is 25.0 Å². The van der Waals surface area contributed by atoms with Crippen LogP contribution in [0.1, 0.15) is 40.3 Å². The van der Waals surface area contributed by atoms with Gasteiger partial charge in [-0.05, 0) is 62.2 Å². The van der Waals surface area contributed by atoms with Crippen molar-refractivity contribution < 1.29 is 0 Å². The minimum absolute atomic E-state index is 0.329. The highest BCUT2D eigenvalue weighted by Gasteiger charge is 2.46. The average molecular weight is 309 g/mol. The van der Waals surface area contributed by atoms with Gasteiger partial charge in [0.15, 0.2) is 0 Å². The number of aryl methyl sites for hydroxylation is 1. The maximum atomic E-state index is 2.47. The van der Waals surface area contributed by atoms with Crippen molar-refractivity contribution >= 4 is 11.8 Å². The molecule has 2 heteroatoms. The normalized spacial score (nSPS) is 23.6. The lowest BCUT2D eigenvalue weighted by atomic mass is 9.84. The highest BCUT2D eigenvalue weighted by atomic mass is 32.2. The van der Waals surface area contributed by atoms with Gasteiger partial charge in [-0.3, -0.25) is 0 Å². The summed E-state index contributed by atoms with van der Waals surface area (Å²) in [5.41, 5.74) is 6.06. The van der Waals surface area contributed by atoms with Gasteiger partial charge in [0, 0.05) is 4.75 Å². The van der Waals surface area contributed by atoms with Crippen molar-refractivity contribution in [3.8, 4) is 0 Å². The molecule has 114 valence electrons. The zero-order valence-electron chi connectivity index (χ0n) is 13.4. The molecule has 1 spiro atoms. The van der Waals surface area contributed by atoms with Crippen LogP contribution in [0.5, 0.6) is 0 Å². The summed E-state index contributed by atoms with van der Waals surface area (Å²) in [6, 6.07) is 18.1. The van der Waals surface area contributed by atoms with E-state index in [0.29, 0.717) is 10.00 Å². The Morgan fingerprint density at radius 2 is 1.59 bits per heavy atom. The Bertz CT molecular complexity index is 686. The van der Waals surface area contributed by atoms with E-state index in [1.165, 1.54) is 37.1 Å². The largest absolute Gasteiger partial charge is 0.306 e. The Balaban J connectivity index is 1.79. The number of fused-ring (bicyclic) bond motifs is 2. The van der Waals surface area contributed by atoms with E-state index in [2.05, 4.69) is 79.2 Å².